The molecule has 0 spiro atoms. The van der Waals surface area contributed by atoms with Crippen molar-refractivity contribution >= 4 is 0 Å². The van der Waals surface area contributed by atoms with Crippen LogP contribution in [0.15, 0.2) is 18.3 Å². The highest BCUT2D eigenvalue weighted by Gasteiger charge is 2.12. The molecule has 0 radical (unpaired) electrons. The van der Waals surface area contributed by atoms with Crippen LogP contribution in [0.5, 0.6) is 0 Å². The Kier molecular flexibility index (Phi) is 7.73. The topological polar surface area (TPSA) is 37.4 Å². The van der Waals surface area contributed by atoms with Gasteiger partial charge in [-0.05, 0) is 46.4 Å². The van der Waals surface area contributed by atoms with Gasteiger partial charge in [-0.25, -0.2) is 0 Å². The third-order valence-corrected chi connectivity index (χ3v) is 3.34. The highest BCUT2D eigenvalue weighted by Crippen LogP contribution is 2.05. The molecule has 0 amide bonds. The highest BCUT2D eigenvalue weighted by atomic mass is 16.5. The van der Waals surface area contributed by atoms with Gasteiger partial charge in [0.05, 0.1) is 18.9 Å². The number of rotatable bonds is 9. The van der Waals surface area contributed by atoms with Gasteiger partial charge in [0.15, 0.2) is 0 Å². The van der Waals surface area contributed by atoms with E-state index < -0.39 is 0 Å². The molecule has 0 unspecified atom stereocenters. The molecule has 0 atom stereocenters. The van der Waals surface area contributed by atoms with Crippen molar-refractivity contribution < 1.29 is 4.74 Å². The van der Waals surface area contributed by atoms with E-state index >= 15 is 0 Å². The lowest BCUT2D eigenvalue weighted by molar-refractivity contribution is 0.0685. The Bertz CT molecular complexity index is 354. The van der Waals surface area contributed by atoms with Crippen LogP contribution in [0.4, 0.5) is 0 Å². The Labute approximate surface area is 123 Å². The average molecular weight is 279 g/mol. The average Bonchev–Trinajstić information content (AvgIpc) is 2.40. The van der Waals surface area contributed by atoms with Crippen LogP contribution in [0.2, 0.25) is 0 Å². The smallest absolute Gasteiger partial charge is 0.0888 e. The third-order valence-electron chi connectivity index (χ3n) is 3.34. The van der Waals surface area contributed by atoms with Crippen LogP contribution in [0.3, 0.4) is 0 Å². The predicted molar refractivity (Wildman–Crippen MR) is 83.6 cm³/mol. The number of aromatic nitrogens is 1. The van der Waals surface area contributed by atoms with Crippen molar-refractivity contribution in [1.82, 2.24) is 15.2 Å². The minimum absolute atomic E-state index is 0.553. The molecule has 4 heteroatoms. The van der Waals surface area contributed by atoms with Crippen LogP contribution in [-0.2, 0) is 17.9 Å². The van der Waals surface area contributed by atoms with Crippen molar-refractivity contribution in [3.05, 3.63) is 29.6 Å². The Morgan fingerprint density at radius 2 is 1.90 bits per heavy atom. The summed E-state index contributed by atoms with van der Waals surface area (Å²) in [6.45, 7) is 12.0. The molecule has 0 saturated carbocycles. The molecule has 0 aliphatic rings. The first-order valence-corrected chi connectivity index (χ1v) is 7.46. The van der Waals surface area contributed by atoms with Gasteiger partial charge in [-0.3, -0.25) is 9.88 Å². The summed E-state index contributed by atoms with van der Waals surface area (Å²) in [5, 5.41) is 3.11. The van der Waals surface area contributed by atoms with E-state index in [0.717, 1.165) is 25.4 Å². The molecule has 1 N–H and O–H groups in total. The zero-order valence-corrected chi connectivity index (χ0v) is 13.5. The van der Waals surface area contributed by atoms with Gasteiger partial charge in [0, 0.05) is 31.4 Å². The second kappa shape index (κ2) is 9.06. The largest absolute Gasteiger partial charge is 0.374 e. The minimum atomic E-state index is 0.553. The molecule has 1 aromatic rings. The fourth-order valence-corrected chi connectivity index (χ4v) is 2.31. The van der Waals surface area contributed by atoms with Gasteiger partial charge < -0.3 is 10.1 Å². The van der Waals surface area contributed by atoms with Crippen molar-refractivity contribution in [2.24, 2.45) is 0 Å². The number of nitrogens with one attached hydrogen (secondary N) is 1. The fraction of sp³-hybridized carbons (Fsp3) is 0.688. The zero-order valence-electron chi connectivity index (χ0n) is 13.5. The van der Waals surface area contributed by atoms with Crippen LogP contribution >= 0.6 is 0 Å². The summed E-state index contributed by atoms with van der Waals surface area (Å²) >= 11 is 0. The lowest BCUT2D eigenvalue weighted by Gasteiger charge is -2.30. The molecule has 114 valence electrons. The van der Waals surface area contributed by atoms with Gasteiger partial charge in [-0.1, -0.05) is 6.07 Å². The first-order chi connectivity index (χ1) is 9.54. The number of hydrogen-bond donors (Lipinski definition) is 1. The highest BCUT2D eigenvalue weighted by molar-refractivity contribution is 5.13. The maximum Gasteiger partial charge on any atom is 0.0888 e. The third kappa shape index (κ3) is 5.99. The van der Waals surface area contributed by atoms with Crippen LogP contribution in [0, 0.1) is 0 Å². The Morgan fingerprint density at radius 1 is 1.20 bits per heavy atom. The molecule has 0 aliphatic carbocycles. The summed E-state index contributed by atoms with van der Waals surface area (Å²) < 4.78 is 5.73. The van der Waals surface area contributed by atoms with E-state index in [0.29, 0.717) is 18.7 Å². The van der Waals surface area contributed by atoms with E-state index in [1.165, 1.54) is 5.56 Å². The second-order valence-electron chi connectivity index (χ2n) is 5.67. The summed E-state index contributed by atoms with van der Waals surface area (Å²) in [6.07, 6.45) is 1.91. The Balaban J connectivity index is 2.30. The number of hydrogen-bond acceptors (Lipinski definition) is 4. The monoisotopic (exact) mass is 279 g/mol. The minimum Gasteiger partial charge on any atom is -0.374 e. The van der Waals surface area contributed by atoms with Crippen molar-refractivity contribution in [2.75, 3.05) is 20.2 Å². The summed E-state index contributed by atoms with van der Waals surface area (Å²) in [6, 6.07) is 5.24. The molecular formula is C16H29N3O. The van der Waals surface area contributed by atoms with Crippen LogP contribution in [0.1, 0.15) is 39.0 Å². The van der Waals surface area contributed by atoms with Gasteiger partial charge in [0.1, 0.15) is 0 Å². The summed E-state index contributed by atoms with van der Waals surface area (Å²) in [4.78, 5) is 6.84. The molecule has 4 nitrogen and oxygen atoms in total. The molecule has 0 aromatic carbocycles. The van der Waals surface area contributed by atoms with Gasteiger partial charge in [0.25, 0.3) is 0 Å². The van der Waals surface area contributed by atoms with Gasteiger partial charge in [-0.15, -0.1) is 0 Å². The maximum atomic E-state index is 5.73. The van der Waals surface area contributed by atoms with Crippen LogP contribution in [-0.4, -0.2) is 42.2 Å². The van der Waals surface area contributed by atoms with E-state index in [-0.39, 0.29) is 0 Å². The molecule has 1 rings (SSSR count). The summed E-state index contributed by atoms with van der Waals surface area (Å²) in [5.41, 5.74) is 2.19. The SMILES string of the molecule is CNCc1ccc(COCCN(C(C)C)C(C)C)nc1. The zero-order chi connectivity index (χ0) is 15.0. The Hall–Kier alpha value is -0.970. The van der Waals surface area contributed by atoms with Crippen LogP contribution < -0.4 is 5.32 Å². The predicted octanol–water partition coefficient (Wildman–Crippen LogP) is 2.44. The van der Waals surface area contributed by atoms with E-state index in [4.69, 9.17) is 4.74 Å². The Morgan fingerprint density at radius 3 is 2.40 bits per heavy atom. The summed E-state index contributed by atoms with van der Waals surface area (Å²) in [7, 11) is 1.94. The van der Waals surface area contributed by atoms with E-state index in [2.05, 4.69) is 49.0 Å². The van der Waals surface area contributed by atoms with Crippen molar-refractivity contribution in [3.63, 3.8) is 0 Å². The molecule has 1 aromatic heterocycles. The first kappa shape index (κ1) is 17.1. The van der Waals surface area contributed by atoms with Gasteiger partial charge in [-0.2, -0.15) is 0 Å². The van der Waals surface area contributed by atoms with Crippen molar-refractivity contribution in [1.29, 1.82) is 0 Å². The van der Waals surface area contributed by atoms with Crippen LogP contribution in [0.25, 0.3) is 0 Å². The quantitative estimate of drug-likeness (QED) is 0.705. The molecular weight excluding hydrogens is 250 g/mol. The lowest BCUT2D eigenvalue weighted by Crippen LogP contribution is -2.39. The normalized spacial score (nSPS) is 11.8. The van der Waals surface area contributed by atoms with Gasteiger partial charge in [0.2, 0.25) is 0 Å². The second-order valence-corrected chi connectivity index (χ2v) is 5.67. The van der Waals surface area contributed by atoms with Crippen molar-refractivity contribution in [2.45, 2.75) is 52.9 Å². The molecule has 1 heterocycles. The summed E-state index contributed by atoms with van der Waals surface area (Å²) in [5.74, 6) is 0. The lowest BCUT2D eigenvalue weighted by atomic mass is 10.2. The maximum absolute atomic E-state index is 5.73. The molecule has 0 fully saturated rings. The molecule has 20 heavy (non-hydrogen) atoms. The van der Waals surface area contributed by atoms with E-state index in [9.17, 15) is 0 Å². The molecule has 0 aliphatic heterocycles. The number of pyridine rings is 1. The number of ether oxygens (including phenoxy) is 1. The fourth-order valence-electron chi connectivity index (χ4n) is 2.31. The van der Waals surface area contributed by atoms with Gasteiger partial charge >= 0.3 is 0 Å². The standard InChI is InChI=1S/C16H29N3O/c1-13(2)19(14(3)4)8-9-20-12-16-7-6-15(10-17-5)11-18-16/h6-7,11,13-14,17H,8-10,12H2,1-5H3. The molecule has 0 bridgehead atoms. The van der Waals surface area contributed by atoms with E-state index in [1.807, 2.05) is 19.3 Å². The first-order valence-electron chi connectivity index (χ1n) is 7.46. The van der Waals surface area contributed by atoms with E-state index in [1.54, 1.807) is 0 Å². The number of nitrogens with zero attached hydrogens (tertiary/aromatic N) is 2. The van der Waals surface area contributed by atoms with Crippen molar-refractivity contribution in [3.8, 4) is 0 Å². The molecule has 0 saturated heterocycles.